The van der Waals surface area contributed by atoms with Crippen molar-refractivity contribution in [1.29, 1.82) is 0 Å². The molecule has 2 rings (SSSR count). The first-order valence-corrected chi connectivity index (χ1v) is 4.80. The topological polar surface area (TPSA) is 38.7 Å². The van der Waals surface area contributed by atoms with Gasteiger partial charge in [-0.15, -0.1) is 0 Å². The standard InChI is InChI=1S/C10H11ClO3/c1-6-7(5-12)8(11)4-9-10(6)14-3-2-13-9/h4,12H,2-3,5H2,1H3. The molecule has 0 amide bonds. The van der Waals surface area contributed by atoms with E-state index >= 15 is 0 Å². The second-order valence-corrected chi connectivity index (χ2v) is 3.55. The first-order valence-electron chi connectivity index (χ1n) is 4.42. The lowest BCUT2D eigenvalue weighted by molar-refractivity contribution is 0.169. The second-order valence-electron chi connectivity index (χ2n) is 3.14. The SMILES string of the molecule is Cc1c(CO)c(Cl)cc2c1OCCO2. The predicted octanol–water partition coefficient (Wildman–Crippen LogP) is 1.91. The molecule has 4 heteroatoms. The van der Waals surface area contributed by atoms with Crippen molar-refractivity contribution in [3.63, 3.8) is 0 Å². The molecule has 0 saturated carbocycles. The van der Waals surface area contributed by atoms with E-state index in [0.717, 1.165) is 5.56 Å². The summed E-state index contributed by atoms with van der Waals surface area (Å²) < 4.78 is 10.9. The highest BCUT2D eigenvalue weighted by Crippen LogP contribution is 2.39. The van der Waals surface area contributed by atoms with Gasteiger partial charge in [0.25, 0.3) is 0 Å². The van der Waals surface area contributed by atoms with Crippen LogP contribution in [0.2, 0.25) is 5.02 Å². The Morgan fingerprint density at radius 1 is 1.43 bits per heavy atom. The van der Waals surface area contributed by atoms with E-state index in [1.165, 1.54) is 0 Å². The molecule has 1 aliphatic rings. The van der Waals surface area contributed by atoms with Gasteiger partial charge in [-0.3, -0.25) is 0 Å². The Bertz CT molecular complexity index is 363. The summed E-state index contributed by atoms with van der Waals surface area (Å²) in [5.74, 6) is 1.36. The van der Waals surface area contributed by atoms with Crippen LogP contribution in [0.4, 0.5) is 0 Å². The van der Waals surface area contributed by atoms with Gasteiger partial charge in [-0.05, 0) is 6.92 Å². The van der Waals surface area contributed by atoms with Crippen molar-refractivity contribution in [2.24, 2.45) is 0 Å². The maximum Gasteiger partial charge on any atom is 0.164 e. The van der Waals surface area contributed by atoms with Crippen molar-refractivity contribution < 1.29 is 14.6 Å². The lowest BCUT2D eigenvalue weighted by Gasteiger charge is -2.22. The Balaban J connectivity index is 2.57. The Hall–Kier alpha value is -0.930. The third-order valence-corrected chi connectivity index (χ3v) is 2.65. The van der Waals surface area contributed by atoms with Crippen molar-refractivity contribution in [2.45, 2.75) is 13.5 Å². The van der Waals surface area contributed by atoms with E-state index in [4.69, 9.17) is 26.2 Å². The van der Waals surface area contributed by atoms with Crippen LogP contribution >= 0.6 is 11.6 Å². The van der Waals surface area contributed by atoms with Gasteiger partial charge in [0.05, 0.1) is 11.6 Å². The largest absolute Gasteiger partial charge is 0.486 e. The van der Waals surface area contributed by atoms with E-state index < -0.39 is 0 Å². The molecule has 3 nitrogen and oxygen atoms in total. The molecule has 14 heavy (non-hydrogen) atoms. The average molecular weight is 215 g/mol. The van der Waals surface area contributed by atoms with Crippen LogP contribution in [0.15, 0.2) is 6.07 Å². The predicted molar refractivity (Wildman–Crippen MR) is 53.1 cm³/mol. The Kier molecular flexibility index (Phi) is 2.52. The number of aliphatic hydroxyl groups excluding tert-OH is 1. The van der Waals surface area contributed by atoms with Gasteiger partial charge in [0.1, 0.15) is 13.2 Å². The van der Waals surface area contributed by atoms with Crippen molar-refractivity contribution in [3.05, 3.63) is 22.2 Å². The summed E-state index contributed by atoms with van der Waals surface area (Å²) in [5, 5.41) is 9.64. The van der Waals surface area contributed by atoms with E-state index in [1.807, 2.05) is 6.92 Å². The molecular weight excluding hydrogens is 204 g/mol. The van der Waals surface area contributed by atoms with Gasteiger partial charge in [-0.1, -0.05) is 11.6 Å². The summed E-state index contributed by atoms with van der Waals surface area (Å²) in [4.78, 5) is 0. The second kappa shape index (κ2) is 3.67. The van der Waals surface area contributed by atoms with Crippen LogP contribution in [0.25, 0.3) is 0 Å². The molecule has 1 aromatic carbocycles. The number of hydrogen-bond acceptors (Lipinski definition) is 3. The lowest BCUT2D eigenvalue weighted by Crippen LogP contribution is -2.16. The number of ether oxygens (including phenoxy) is 2. The van der Waals surface area contributed by atoms with Gasteiger partial charge in [-0.25, -0.2) is 0 Å². The Morgan fingerprint density at radius 2 is 2.14 bits per heavy atom. The normalized spacial score (nSPS) is 14.2. The number of fused-ring (bicyclic) bond motifs is 1. The smallest absolute Gasteiger partial charge is 0.164 e. The molecule has 1 aliphatic heterocycles. The highest BCUT2D eigenvalue weighted by Gasteiger charge is 2.18. The van der Waals surface area contributed by atoms with Crippen LogP contribution in [0.5, 0.6) is 11.5 Å². The van der Waals surface area contributed by atoms with E-state index in [-0.39, 0.29) is 6.61 Å². The third-order valence-electron chi connectivity index (χ3n) is 2.31. The molecule has 0 aliphatic carbocycles. The van der Waals surface area contributed by atoms with Gasteiger partial charge < -0.3 is 14.6 Å². The Labute approximate surface area is 87.2 Å². The summed E-state index contributed by atoms with van der Waals surface area (Å²) in [6, 6.07) is 1.69. The molecule has 0 fully saturated rings. The van der Waals surface area contributed by atoms with Crippen LogP contribution < -0.4 is 9.47 Å². The van der Waals surface area contributed by atoms with Crippen molar-refractivity contribution in [1.82, 2.24) is 0 Å². The summed E-state index contributed by atoms with van der Waals surface area (Å²) in [6.07, 6.45) is 0. The lowest BCUT2D eigenvalue weighted by atomic mass is 10.1. The van der Waals surface area contributed by atoms with Crippen molar-refractivity contribution >= 4 is 11.6 Å². The average Bonchev–Trinajstić information content (AvgIpc) is 2.18. The molecule has 0 spiro atoms. The van der Waals surface area contributed by atoms with Gasteiger partial charge in [-0.2, -0.15) is 0 Å². The van der Waals surface area contributed by atoms with E-state index in [0.29, 0.717) is 35.3 Å². The summed E-state index contributed by atoms with van der Waals surface area (Å²) in [6.45, 7) is 2.87. The number of rotatable bonds is 1. The molecule has 1 heterocycles. The number of benzene rings is 1. The number of aliphatic hydroxyl groups is 1. The van der Waals surface area contributed by atoms with E-state index in [2.05, 4.69) is 0 Å². The van der Waals surface area contributed by atoms with Crippen LogP contribution in [-0.2, 0) is 6.61 Å². The molecule has 0 unspecified atom stereocenters. The maximum absolute atomic E-state index is 9.12. The van der Waals surface area contributed by atoms with E-state index in [1.54, 1.807) is 6.07 Å². The fourth-order valence-electron chi connectivity index (χ4n) is 1.54. The minimum Gasteiger partial charge on any atom is -0.486 e. The van der Waals surface area contributed by atoms with Crippen molar-refractivity contribution in [3.8, 4) is 11.5 Å². The number of hydrogen-bond donors (Lipinski definition) is 1. The van der Waals surface area contributed by atoms with Crippen LogP contribution in [-0.4, -0.2) is 18.3 Å². The zero-order valence-electron chi connectivity index (χ0n) is 7.84. The first kappa shape index (κ1) is 9.62. The zero-order valence-corrected chi connectivity index (χ0v) is 8.60. The monoisotopic (exact) mass is 214 g/mol. The molecule has 0 bridgehead atoms. The van der Waals surface area contributed by atoms with E-state index in [9.17, 15) is 0 Å². The molecule has 0 radical (unpaired) electrons. The molecular formula is C10H11ClO3. The molecule has 1 N–H and O–H groups in total. The van der Waals surface area contributed by atoms with Gasteiger partial charge in [0.15, 0.2) is 11.5 Å². The summed E-state index contributed by atoms with van der Waals surface area (Å²) >= 11 is 5.97. The Morgan fingerprint density at radius 3 is 2.86 bits per heavy atom. The maximum atomic E-state index is 9.12. The van der Waals surface area contributed by atoms with Gasteiger partial charge in [0.2, 0.25) is 0 Å². The first-order chi connectivity index (χ1) is 6.74. The fraction of sp³-hybridized carbons (Fsp3) is 0.400. The highest BCUT2D eigenvalue weighted by atomic mass is 35.5. The molecule has 1 aromatic rings. The van der Waals surface area contributed by atoms with Crippen molar-refractivity contribution in [2.75, 3.05) is 13.2 Å². The molecule has 76 valence electrons. The fourth-order valence-corrected chi connectivity index (χ4v) is 1.85. The number of halogens is 1. The minimum absolute atomic E-state index is 0.0820. The minimum atomic E-state index is -0.0820. The zero-order chi connectivity index (χ0) is 10.1. The van der Waals surface area contributed by atoms with Crippen LogP contribution in [0, 0.1) is 6.92 Å². The summed E-state index contributed by atoms with van der Waals surface area (Å²) in [7, 11) is 0. The van der Waals surface area contributed by atoms with Crippen LogP contribution in [0.3, 0.4) is 0 Å². The molecule has 0 saturated heterocycles. The third kappa shape index (κ3) is 1.42. The van der Waals surface area contributed by atoms with Gasteiger partial charge in [0, 0.05) is 17.2 Å². The highest BCUT2D eigenvalue weighted by molar-refractivity contribution is 6.31. The quantitative estimate of drug-likeness (QED) is 0.776. The summed E-state index contributed by atoms with van der Waals surface area (Å²) in [5.41, 5.74) is 1.56. The molecule has 0 aromatic heterocycles. The van der Waals surface area contributed by atoms with Gasteiger partial charge >= 0.3 is 0 Å². The van der Waals surface area contributed by atoms with Crippen LogP contribution in [0.1, 0.15) is 11.1 Å². The molecule has 0 atom stereocenters.